The SMILES string of the molecule is CCc1cc2c(=O)n(C(C)C(=O)O)c(Cc3ccccc3)nc2s1. The zero-order chi connectivity index (χ0) is 17.3. The van der Waals surface area contributed by atoms with Crippen LogP contribution in [0.25, 0.3) is 10.2 Å². The van der Waals surface area contributed by atoms with Gasteiger partial charge in [-0.15, -0.1) is 11.3 Å². The third kappa shape index (κ3) is 2.97. The van der Waals surface area contributed by atoms with Crippen molar-refractivity contribution < 1.29 is 9.90 Å². The van der Waals surface area contributed by atoms with Gasteiger partial charge in [0.05, 0.1) is 5.39 Å². The maximum Gasteiger partial charge on any atom is 0.326 e. The molecule has 0 amide bonds. The standard InChI is InChI=1S/C18H18N2O3S/c1-3-13-10-14-16(24-13)19-15(9-12-7-5-4-6-8-12)20(17(14)21)11(2)18(22)23/h4-8,10-11H,3,9H2,1-2H3,(H,22,23). The van der Waals surface area contributed by atoms with Gasteiger partial charge >= 0.3 is 5.97 Å². The Morgan fingerprint density at radius 1 is 1.33 bits per heavy atom. The first-order chi connectivity index (χ1) is 11.5. The summed E-state index contributed by atoms with van der Waals surface area (Å²) in [5.74, 6) is -0.559. The Bertz CT molecular complexity index is 944. The molecule has 124 valence electrons. The summed E-state index contributed by atoms with van der Waals surface area (Å²) in [6, 6.07) is 10.5. The number of fused-ring (bicyclic) bond motifs is 1. The van der Waals surface area contributed by atoms with E-state index in [-0.39, 0.29) is 5.56 Å². The maximum absolute atomic E-state index is 12.9. The van der Waals surface area contributed by atoms with Crippen LogP contribution in [0.5, 0.6) is 0 Å². The monoisotopic (exact) mass is 342 g/mol. The average molecular weight is 342 g/mol. The highest BCUT2D eigenvalue weighted by Gasteiger charge is 2.22. The summed E-state index contributed by atoms with van der Waals surface area (Å²) in [5, 5.41) is 9.89. The predicted octanol–water partition coefficient (Wildman–Crippen LogP) is 3.26. The number of benzene rings is 1. The first-order valence-corrected chi connectivity index (χ1v) is 8.63. The lowest BCUT2D eigenvalue weighted by Crippen LogP contribution is -2.31. The molecule has 0 spiro atoms. The van der Waals surface area contributed by atoms with Crippen LogP contribution in [0.3, 0.4) is 0 Å². The Labute approximate surface area is 143 Å². The van der Waals surface area contributed by atoms with Crippen molar-refractivity contribution in [3.8, 4) is 0 Å². The van der Waals surface area contributed by atoms with E-state index in [1.54, 1.807) is 0 Å². The molecular formula is C18H18N2O3S. The number of aliphatic carboxylic acids is 1. The highest BCUT2D eigenvalue weighted by Crippen LogP contribution is 2.24. The van der Waals surface area contributed by atoms with E-state index in [9.17, 15) is 14.7 Å². The summed E-state index contributed by atoms with van der Waals surface area (Å²) in [7, 11) is 0. The van der Waals surface area contributed by atoms with Gasteiger partial charge in [0.1, 0.15) is 16.7 Å². The number of aryl methyl sites for hydroxylation is 1. The van der Waals surface area contributed by atoms with Gasteiger partial charge in [0.2, 0.25) is 0 Å². The molecule has 1 N–H and O–H groups in total. The van der Waals surface area contributed by atoms with Crippen LogP contribution in [0.2, 0.25) is 0 Å². The second-order valence-electron chi connectivity index (χ2n) is 5.66. The van der Waals surface area contributed by atoms with Crippen molar-refractivity contribution in [1.29, 1.82) is 0 Å². The van der Waals surface area contributed by atoms with E-state index >= 15 is 0 Å². The third-order valence-electron chi connectivity index (χ3n) is 4.02. The molecule has 0 aliphatic rings. The van der Waals surface area contributed by atoms with Gasteiger partial charge in [0.25, 0.3) is 5.56 Å². The van der Waals surface area contributed by atoms with Crippen molar-refractivity contribution in [2.75, 3.05) is 0 Å². The topological polar surface area (TPSA) is 72.2 Å². The van der Waals surface area contributed by atoms with Crippen molar-refractivity contribution in [1.82, 2.24) is 9.55 Å². The Kier molecular flexibility index (Phi) is 4.49. The summed E-state index contributed by atoms with van der Waals surface area (Å²) < 4.78 is 1.31. The highest BCUT2D eigenvalue weighted by molar-refractivity contribution is 7.18. The molecule has 2 aromatic heterocycles. The lowest BCUT2D eigenvalue weighted by atomic mass is 10.1. The average Bonchev–Trinajstić information content (AvgIpc) is 2.99. The van der Waals surface area contributed by atoms with Crippen LogP contribution in [0.4, 0.5) is 0 Å². The van der Waals surface area contributed by atoms with Gasteiger partial charge < -0.3 is 5.11 Å². The summed E-state index contributed by atoms with van der Waals surface area (Å²) in [5.41, 5.74) is 0.708. The minimum Gasteiger partial charge on any atom is -0.480 e. The zero-order valence-electron chi connectivity index (χ0n) is 13.5. The molecule has 0 fully saturated rings. The Morgan fingerprint density at radius 2 is 2.04 bits per heavy atom. The molecule has 1 atom stereocenters. The van der Waals surface area contributed by atoms with Crippen LogP contribution in [0.15, 0.2) is 41.2 Å². The molecule has 0 aliphatic heterocycles. The molecule has 1 aromatic carbocycles. The molecule has 0 saturated carbocycles. The molecule has 0 saturated heterocycles. The number of carboxylic acid groups (broad SMARTS) is 1. The van der Waals surface area contributed by atoms with Gasteiger partial charge in [-0.25, -0.2) is 9.78 Å². The molecule has 1 unspecified atom stereocenters. The normalized spacial score (nSPS) is 12.4. The lowest BCUT2D eigenvalue weighted by molar-refractivity contribution is -0.140. The fraction of sp³-hybridized carbons (Fsp3) is 0.278. The smallest absolute Gasteiger partial charge is 0.326 e. The third-order valence-corrected chi connectivity index (χ3v) is 5.19. The van der Waals surface area contributed by atoms with E-state index < -0.39 is 12.0 Å². The summed E-state index contributed by atoms with van der Waals surface area (Å²) in [6.07, 6.45) is 1.24. The summed E-state index contributed by atoms with van der Waals surface area (Å²) in [4.78, 5) is 30.7. The van der Waals surface area contributed by atoms with Crippen LogP contribution >= 0.6 is 11.3 Å². The van der Waals surface area contributed by atoms with Crippen LogP contribution in [0, 0.1) is 0 Å². The number of nitrogens with zero attached hydrogens (tertiary/aromatic N) is 2. The molecule has 0 bridgehead atoms. The van der Waals surface area contributed by atoms with Crippen molar-refractivity contribution in [3.05, 3.63) is 63.0 Å². The first-order valence-electron chi connectivity index (χ1n) is 7.81. The fourth-order valence-electron chi connectivity index (χ4n) is 2.67. The first kappa shape index (κ1) is 16.4. The minimum absolute atomic E-state index is 0.281. The van der Waals surface area contributed by atoms with E-state index in [0.717, 1.165) is 16.9 Å². The number of hydrogen-bond acceptors (Lipinski definition) is 4. The maximum atomic E-state index is 12.9. The number of hydrogen-bond donors (Lipinski definition) is 1. The molecule has 5 nitrogen and oxygen atoms in total. The van der Waals surface area contributed by atoms with Crippen molar-refractivity contribution in [2.45, 2.75) is 32.7 Å². The molecule has 2 heterocycles. The second-order valence-corrected chi connectivity index (χ2v) is 6.78. The molecule has 6 heteroatoms. The molecule has 3 aromatic rings. The van der Waals surface area contributed by atoms with Crippen LogP contribution < -0.4 is 5.56 Å². The minimum atomic E-state index is -1.04. The molecule has 0 aliphatic carbocycles. The van der Waals surface area contributed by atoms with E-state index in [0.29, 0.717) is 22.5 Å². The predicted molar refractivity (Wildman–Crippen MR) is 94.9 cm³/mol. The number of rotatable bonds is 5. The lowest BCUT2D eigenvalue weighted by Gasteiger charge is -2.16. The van der Waals surface area contributed by atoms with E-state index in [1.165, 1.54) is 22.8 Å². The van der Waals surface area contributed by atoms with Gasteiger partial charge in [-0.3, -0.25) is 9.36 Å². The number of carbonyl (C=O) groups is 1. The van der Waals surface area contributed by atoms with Gasteiger partial charge in [-0.2, -0.15) is 0 Å². The van der Waals surface area contributed by atoms with E-state index in [4.69, 9.17) is 0 Å². The van der Waals surface area contributed by atoms with Crippen molar-refractivity contribution >= 4 is 27.5 Å². The largest absolute Gasteiger partial charge is 0.480 e. The Hall–Kier alpha value is -2.47. The van der Waals surface area contributed by atoms with Gasteiger partial charge in [0.15, 0.2) is 0 Å². The molecular weight excluding hydrogens is 324 g/mol. The Balaban J connectivity index is 2.22. The summed E-state index contributed by atoms with van der Waals surface area (Å²) >= 11 is 1.49. The second kappa shape index (κ2) is 6.57. The molecule has 3 rings (SSSR count). The van der Waals surface area contributed by atoms with E-state index in [2.05, 4.69) is 4.98 Å². The number of aromatic nitrogens is 2. The fourth-order valence-corrected chi connectivity index (χ4v) is 3.65. The van der Waals surface area contributed by atoms with E-state index in [1.807, 2.05) is 43.3 Å². The van der Waals surface area contributed by atoms with Gasteiger partial charge in [-0.1, -0.05) is 37.3 Å². The zero-order valence-corrected chi connectivity index (χ0v) is 14.3. The van der Waals surface area contributed by atoms with Crippen molar-refractivity contribution in [3.63, 3.8) is 0 Å². The molecule has 0 radical (unpaired) electrons. The van der Waals surface area contributed by atoms with Crippen molar-refractivity contribution in [2.24, 2.45) is 0 Å². The van der Waals surface area contributed by atoms with Crippen LogP contribution in [-0.4, -0.2) is 20.6 Å². The Morgan fingerprint density at radius 3 is 2.67 bits per heavy atom. The summed E-state index contributed by atoms with van der Waals surface area (Å²) in [6.45, 7) is 3.53. The van der Waals surface area contributed by atoms with Crippen LogP contribution in [-0.2, 0) is 17.6 Å². The highest BCUT2D eigenvalue weighted by atomic mass is 32.1. The quantitative estimate of drug-likeness (QED) is 0.772. The number of carboxylic acids is 1. The van der Waals surface area contributed by atoms with Gasteiger partial charge in [-0.05, 0) is 25.0 Å². The molecule has 24 heavy (non-hydrogen) atoms. The van der Waals surface area contributed by atoms with Crippen LogP contribution in [0.1, 0.15) is 36.2 Å². The van der Waals surface area contributed by atoms with Gasteiger partial charge in [0, 0.05) is 11.3 Å². The number of thiophene rings is 1.